The highest BCUT2D eigenvalue weighted by Gasteiger charge is 2.35. The lowest BCUT2D eigenvalue weighted by molar-refractivity contribution is 0.417. The summed E-state index contributed by atoms with van der Waals surface area (Å²) < 4.78 is 45.4. The minimum atomic E-state index is -0.894. The van der Waals surface area contributed by atoms with E-state index in [1.807, 2.05) is 30.3 Å². The molecule has 0 amide bonds. The Balaban J connectivity index is 1.55. The zero-order valence-corrected chi connectivity index (χ0v) is 17.2. The SMILES string of the molecule is CCCc1ccc(-c2ccc3c(c2F)-c2c-3cc(C3CCCCC3)c(F)c2F)cc1. The van der Waals surface area contributed by atoms with Crippen LogP contribution in [-0.4, -0.2) is 0 Å². The molecule has 30 heavy (non-hydrogen) atoms. The molecule has 1 saturated carbocycles. The normalized spacial score (nSPS) is 15.5. The molecule has 3 heteroatoms. The maximum atomic E-state index is 15.4. The summed E-state index contributed by atoms with van der Waals surface area (Å²) in [7, 11) is 0. The molecular formula is C27H25F3. The predicted octanol–water partition coefficient (Wildman–Crippen LogP) is 8.42. The molecule has 0 spiro atoms. The first-order chi connectivity index (χ1) is 14.6. The van der Waals surface area contributed by atoms with Crippen LogP contribution in [0.25, 0.3) is 33.4 Å². The average Bonchev–Trinajstić information content (AvgIpc) is 2.76. The van der Waals surface area contributed by atoms with E-state index in [0.29, 0.717) is 22.3 Å². The maximum absolute atomic E-state index is 15.4. The van der Waals surface area contributed by atoms with Crippen molar-refractivity contribution in [3.8, 4) is 33.4 Å². The summed E-state index contributed by atoms with van der Waals surface area (Å²) >= 11 is 0. The Morgan fingerprint density at radius 3 is 2.10 bits per heavy atom. The van der Waals surface area contributed by atoms with E-state index in [9.17, 15) is 4.39 Å². The van der Waals surface area contributed by atoms with Crippen molar-refractivity contribution in [3.05, 3.63) is 71.0 Å². The van der Waals surface area contributed by atoms with Gasteiger partial charge in [-0.3, -0.25) is 0 Å². The van der Waals surface area contributed by atoms with Crippen molar-refractivity contribution < 1.29 is 13.2 Å². The molecule has 0 N–H and O–H groups in total. The highest BCUT2D eigenvalue weighted by molar-refractivity contribution is 6.04. The summed E-state index contributed by atoms with van der Waals surface area (Å²) in [5.74, 6) is -2.09. The van der Waals surface area contributed by atoms with Gasteiger partial charge in [-0.15, -0.1) is 0 Å². The topological polar surface area (TPSA) is 0 Å². The Morgan fingerprint density at radius 2 is 1.40 bits per heavy atom. The Bertz CT molecular complexity index is 1110. The van der Waals surface area contributed by atoms with E-state index in [2.05, 4.69) is 6.92 Å². The van der Waals surface area contributed by atoms with Gasteiger partial charge in [0, 0.05) is 16.7 Å². The fourth-order valence-corrected chi connectivity index (χ4v) is 5.16. The van der Waals surface area contributed by atoms with Crippen LogP contribution in [0.4, 0.5) is 13.2 Å². The zero-order valence-electron chi connectivity index (χ0n) is 17.2. The lowest BCUT2D eigenvalue weighted by atomic mass is 9.74. The van der Waals surface area contributed by atoms with Crippen molar-refractivity contribution in [1.29, 1.82) is 0 Å². The van der Waals surface area contributed by atoms with Gasteiger partial charge in [-0.2, -0.15) is 0 Å². The van der Waals surface area contributed by atoms with Gasteiger partial charge in [-0.05, 0) is 59.1 Å². The molecule has 0 aromatic heterocycles. The van der Waals surface area contributed by atoms with Crippen molar-refractivity contribution in [2.75, 3.05) is 0 Å². The van der Waals surface area contributed by atoms with E-state index >= 15 is 8.78 Å². The van der Waals surface area contributed by atoms with Gasteiger partial charge in [-0.1, -0.05) is 69.0 Å². The maximum Gasteiger partial charge on any atom is 0.167 e. The van der Waals surface area contributed by atoms with Crippen molar-refractivity contribution in [3.63, 3.8) is 0 Å². The van der Waals surface area contributed by atoms with Crippen molar-refractivity contribution in [2.24, 2.45) is 0 Å². The molecule has 3 aromatic carbocycles. The number of hydrogen-bond acceptors (Lipinski definition) is 0. The second-order valence-corrected chi connectivity index (χ2v) is 8.65. The smallest absolute Gasteiger partial charge is 0.167 e. The number of benzene rings is 3. The van der Waals surface area contributed by atoms with Crippen molar-refractivity contribution in [2.45, 2.75) is 57.8 Å². The molecule has 2 aliphatic carbocycles. The van der Waals surface area contributed by atoms with Crippen LogP contribution in [0, 0.1) is 17.5 Å². The van der Waals surface area contributed by atoms with Crippen molar-refractivity contribution in [1.82, 2.24) is 0 Å². The molecule has 0 atom stereocenters. The number of aryl methyl sites for hydroxylation is 1. The summed E-state index contributed by atoms with van der Waals surface area (Å²) in [6.07, 6.45) is 7.07. The summed E-state index contributed by atoms with van der Waals surface area (Å²) in [6, 6.07) is 13.2. The Morgan fingerprint density at radius 1 is 0.733 bits per heavy atom. The summed E-state index contributed by atoms with van der Waals surface area (Å²) in [5.41, 5.74) is 4.50. The first kappa shape index (κ1) is 19.4. The zero-order chi connectivity index (χ0) is 20.8. The van der Waals surface area contributed by atoms with E-state index in [-0.39, 0.29) is 17.0 Å². The van der Waals surface area contributed by atoms with Crippen LogP contribution >= 0.6 is 0 Å². The molecule has 0 radical (unpaired) electrons. The Kier molecular flexibility index (Phi) is 4.92. The highest BCUT2D eigenvalue weighted by Crippen LogP contribution is 2.53. The first-order valence-corrected chi connectivity index (χ1v) is 11.0. The molecular weight excluding hydrogens is 381 g/mol. The van der Waals surface area contributed by atoms with Gasteiger partial charge in [0.1, 0.15) is 5.82 Å². The van der Waals surface area contributed by atoms with Gasteiger partial charge < -0.3 is 0 Å². The van der Waals surface area contributed by atoms with Crippen LogP contribution in [0.1, 0.15) is 62.5 Å². The molecule has 5 rings (SSSR count). The monoisotopic (exact) mass is 406 g/mol. The molecule has 0 saturated heterocycles. The minimum Gasteiger partial charge on any atom is -0.206 e. The van der Waals surface area contributed by atoms with Crippen LogP contribution in [0.2, 0.25) is 0 Å². The first-order valence-electron chi connectivity index (χ1n) is 11.0. The standard InChI is InChI=1S/C27H25F3/c1-2-6-16-9-11-18(12-10-16)19-13-14-20-22-15-21(17-7-4-3-5-8-17)26(29)27(30)24(22)23(20)25(19)28/h9-15,17H,2-8H2,1H3. The summed E-state index contributed by atoms with van der Waals surface area (Å²) in [6.45, 7) is 2.12. The number of hydrogen-bond donors (Lipinski definition) is 0. The lowest BCUT2D eigenvalue weighted by Crippen LogP contribution is -2.13. The Hall–Kier alpha value is -2.55. The highest BCUT2D eigenvalue weighted by atomic mass is 19.2. The summed E-state index contributed by atoms with van der Waals surface area (Å²) in [4.78, 5) is 0. The number of halogens is 3. The van der Waals surface area contributed by atoms with Gasteiger partial charge in [0.05, 0.1) is 0 Å². The Labute approximate surface area is 175 Å². The minimum absolute atomic E-state index is 0.0633. The van der Waals surface area contributed by atoms with Gasteiger partial charge in [0.15, 0.2) is 11.6 Å². The van der Waals surface area contributed by atoms with Crippen LogP contribution in [0.15, 0.2) is 42.5 Å². The van der Waals surface area contributed by atoms with E-state index in [4.69, 9.17) is 0 Å². The van der Waals surface area contributed by atoms with Crippen LogP contribution in [0.5, 0.6) is 0 Å². The fraction of sp³-hybridized carbons (Fsp3) is 0.333. The molecule has 0 heterocycles. The molecule has 154 valence electrons. The number of rotatable bonds is 4. The molecule has 0 unspecified atom stereocenters. The molecule has 0 bridgehead atoms. The summed E-state index contributed by atoms with van der Waals surface area (Å²) in [5, 5.41) is 0. The van der Waals surface area contributed by atoms with E-state index in [0.717, 1.165) is 50.5 Å². The van der Waals surface area contributed by atoms with Crippen molar-refractivity contribution >= 4 is 0 Å². The lowest BCUT2D eigenvalue weighted by Gasteiger charge is -2.30. The second kappa shape index (κ2) is 7.61. The van der Waals surface area contributed by atoms with Gasteiger partial charge >= 0.3 is 0 Å². The molecule has 2 aliphatic rings. The molecule has 1 fully saturated rings. The predicted molar refractivity (Wildman–Crippen MR) is 116 cm³/mol. The third-order valence-electron chi connectivity index (χ3n) is 6.77. The third kappa shape index (κ3) is 2.98. The largest absolute Gasteiger partial charge is 0.206 e. The van der Waals surface area contributed by atoms with Crippen LogP contribution in [0.3, 0.4) is 0 Å². The molecule has 3 aromatic rings. The average molecular weight is 406 g/mol. The molecule has 0 nitrogen and oxygen atoms in total. The van der Waals surface area contributed by atoms with E-state index < -0.39 is 17.5 Å². The molecule has 0 aliphatic heterocycles. The van der Waals surface area contributed by atoms with E-state index in [1.54, 1.807) is 12.1 Å². The van der Waals surface area contributed by atoms with Gasteiger partial charge in [0.25, 0.3) is 0 Å². The quantitative estimate of drug-likeness (QED) is 0.319. The number of fused-ring (bicyclic) bond motifs is 4. The van der Waals surface area contributed by atoms with E-state index in [1.165, 1.54) is 5.56 Å². The van der Waals surface area contributed by atoms with Crippen LogP contribution in [-0.2, 0) is 6.42 Å². The van der Waals surface area contributed by atoms with Gasteiger partial charge in [0.2, 0.25) is 0 Å². The second-order valence-electron chi connectivity index (χ2n) is 8.65. The fourth-order valence-electron chi connectivity index (χ4n) is 5.16. The van der Waals surface area contributed by atoms with Gasteiger partial charge in [-0.25, -0.2) is 13.2 Å². The van der Waals surface area contributed by atoms with Crippen LogP contribution < -0.4 is 0 Å². The third-order valence-corrected chi connectivity index (χ3v) is 6.77.